The molecule has 1 aliphatic heterocycles. The van der Waals surface area contributed by atoms with Gasteiger partial charge in [-0.3, -0.25) is 0 Å². The highest BCUT2D eigenvalue weighted by Gasteiger charge is 2.30. The molecule has 0 bridgehead atoms. The number of methoxy groups -OCH3 is 2. The van der Waals surface area contributed by atoms with E-state index in [1.165, 1.54) is 0 Å². The van der Waals surface area contributed by atoms with E-state index in [4.69, 9.17) is 16.0 Å². The van der Waals surface area contributed by atoms with Gasteiger partial charge in [0.1, 0.15) is 12.1 Å². The Morgan fingerprint density at radius 3 is 2.48 bits per heavy atom. The fourth-order valence-corrected chi connectivity index (χ4v) is 3.65. The largest absolute Gasteiger partial charge is 0.493 e. The molecule has 0 radical (unpaired) electrons. The number of nitrogens with zero attached hydrogens (tertiary/aromatic N) is 4. The van der Waals surface area contributed by atoms with Crippen LogP contribution in [0.15, 0.2) is 18.5 Å². The molecule has 3 rings (SSSR count). The summed E-state index contributed by atoms with van der Waals surface area (Å²) in [7, 11) is 3.26. The molecule has 25 heavy (non-hydrogen) atoms. The molecule has 1 fully saturated rings. The van der Waals surface area contributed by atoms with Gasteiger partial charge < -0.3 is 19.2 Å². The maximum Gasteiger partial charge on any atom is 0.226 e. The Kier molecular flexibility index (Phi) is 5.22. The van der Waals surface area contributed by atoms with Crippen LogP contribution in [0.4, 0.5) is 5.82 Å². The second kappa shape index (κ2) is 7.56. The van der Waals surface area contributed by atoms with Crippen LogP contribution in [-0.2, 0) is 0 Å². The molecule has 0 amide bonds. The van der Waals surface area contributed by atoms with E-state index in [1.54, 1.807) is 20.5 Å². The van der Waals surface area contributed by atoms with E-state index in [0.717, 1.165) is 49.1 Å². The Morgan fingerprint density at radius 1 is 1.20 bits per heavy atom. The zero-order valence-electron chi connectivity index (χ0n) is 15.0. The quantitative estimate of drug-likeness (QED) is 0.779. The standard InChI is InChI=1S/C19H24N4O2/c1-5-15(20-2)13-6-8-23(9-7-13)19-14-10-17(24-3)18(25-4)11-16(14)21-12-22-19/h10-13,15H,5-9H2,1,3-4H3. The molecule has 1 saturated heterocycles. The van der Waals surface area contributed by atoms with Gasteiger partial charge in [0.05, 0.1) is 19.7 Å². The second-order valence-corrected chi connectivity index (χ2v) is 6.35. The van der Waals surface area contributed by atoms with Crippen molar-refractivity contribution in [2.24, 2.45) is 5.92 Å². The van der Waals surface area contributed by atoms with E-state index in [9.17, 15) is 0 Å². The van der Waals surface area contributed by atoms with Crippen LogP contribution >= 0.6 is 0 Å². The molecule has 6 nitrogen and oxygen atoms in total. The van der Waals surface area contributed by atoms with E-state index >= 15 is 0 Å². The van der Waals surface area contributed by atoms with Gasteiger partial charge >= 0.3 is 0 Å². The predicted octanol–water partition coefficient (Wildman–Crippen LogP) is 3.56. The summed E-state index contributed by atoms with van der Waals surface area (Å²) >= 11 is 0. The van der Waals surface area contributed by atoms with Crippen molar-refractivity contribution in [2.45, 2.75) is 32.2 Å². The minimum absolute atomic E-state index is 0.147. The molecule has 0 saturated carbocycles. The molecule has 0 aliphatic carbocycles. The van der Waals surface area contributed by atoms with Crippen LogP contribution in [-0.4, -0.2) is 43.3 Å². The summed E-state index contributed by atoms with van der Waals surface area (Å²) in [5.41, 5.74) is 0.845. The van der Waals surface area contributed by atoms with Crippen LogP contribution in [0, 0.1) is 12.5 Å². The van der Waals surface area contributed by atoms with E-state index in [2.05, 4.69) is 26.6 Å². The van der Waals surface area contributed by atoms with Gasteiger partial charge in [0.25, 0.3) is 0 Å². The number of hydrogen-bond donors (Lipinski definition) is 0. The lowest BCUT2D eigenvalue weighted by atomic mass is 9.88. The predicted molar refractivity (Wildman–Crippen MR) is 98.3 cm³/mol. The molecule has 132 valence electrons. The summed E-state index contributed by atoms with van der Waals surface area (Å²) in [6.45, 7) is 11.3. The monoisotopic (exact) mass is 340 g/mol. The van der Waals surface area contributed by atoms with Gasteiger partial charge in [-0.1, -0.05) is 6.92 Å². The molecule has 0 spiro atoms. The van der Waals surface area contributed by atoms with Crippen molar-refractivity contribution in [1.82, 2.24) is 9.97 Å². The second-order valence-electron chi connectivity index (χ2n) is 6.35. The first kappa shape index (κ1) is 17.3. The Labute approximate surface area is 148 Å². The van der Waals surface area contributed by atoms with Crippen LogP contribution in [0.25, 0.3) is 15.7 Å². The van der Waals surface area contributed by atoms with E-state index < -0.39 is 0 Å². The van der Waals surface area contributed by atoms with Gasteiger partial charge in [-0.15, -0.1) is 0 Å². The van der Waals surface area contributed by atoms with Gasteiger partial charge in [-0.25, -0.2) is 16.5 Å². The van der Waals surface area contributed by atoms with Crippen molar-refractivity contribution in [2.75, 3.05) is 32.2 Å². The molecule has 0 N–H and O–H groups in total. The Morgan fingerprint density at radius 2 is 1.88 bits per heavy atom. The van der Waals surface area contributed by atoms with Crippen molar-refractivity contribution in [1.29, 1.82) is 0 Å². The molecule has 1 aromatic heterocycles. The highest BCUT2D eigenvalue weighted by Crippen LogP contribution is 2.36. The van der Waals surface area contributed by atoms with Crippen molar-refractivity contribution in [3.63, 3.8) is 0 Å². The molecular weight excluding hydrogens is 316 g/mol. The third-order valence-corrected chi connectivity index (χ3v) is 5.09. The van der Waals surface area contributed by atoms with Gasteiger partial charge in [0.15, 0.2) is 11.5 Å². The average molecular weight is 340 g/mol. The fourth-order valence-electron chi connectivity index (χ4n) is 3.65. The number of fused-ring (bicyclic) bond motifs is 1. The molecule has 1 unspecified atom stereocenters. The first-order chi connectivity index (χ1) is 12.2. The Balaban J connectivity index is 1.88. The number of ether oxygens (including phenoxy) is 2. The van der Waals surface area contributed by atoms with Gasteiger partial charge in [-0.2, -0.15) is 0 Å². The van der Waals surface area contributed by atoms with Crippen molar-refractivity contribution in [3.8, 4) is 11.5 Å². The minimum atomic E-state index is 0.147. The summed E-state index contributed by atoms with van der Waals surface area (Å²) in [5.74, 6) is 2.77. The van der Waals surface area contributed by atoms with Crippen molar-refractivity contribution < 1.29 is 9.47 Å². The average Bonchev–Trinajstić information content (AvgIpc) is 2.68. The SMILES string of the molecule is [C-]#[N+]C(CC)C1CCN(c2ncnc3cc(OC)c(OC)cc23)CC1. The Hall–Kier alpha value is -2.55. The number of anilines is 1. The maximum atomic E-state index is 7.37. The number of hydrogen-bond acceptors (Lipinski definition) is 5. The molecule has 6 heteroatoms. The molecular formula is C19H24N4O2. The summed E-state index contributed by atoms with van der Waals surface area (Å²) in [6, 6.07) is 3.98. The van der Waals surface area contributed by atoms with Crippen LogP contribution < -0.4 is 14.4 Å². The van der Waals surface area contributed by atoms with Gasteiger partial charge in [0.2, 0.25) is 6.04 Å². The summed E-state index contributed by atoms with van der Waals surface area (Å²) < 4.78 is 10.8. The first-order valence-corrected chi connectivity index (χ1v) is 8.70. The smallest absolute Gasteiger partial charge is 0.226 e. The number of aromatic nitrogens is 2. The lowest BCUT2D eigenvalue weighted by Gasteiger charge is -2.33. The fraction of sp³-hybridized carbons (Fsp3) is 0.526. The molecule has 1 atom stereocenters. The number of rotatable bonds is 5. The highest BCUT2D eigenvalue weighted by molar-refractivity contribution is 5.92. The molecule has 1 aromatic carbocycles. The minimum Gasteiger partial charge on any atom is -0.493 e. The van der Waals surface area contributed by atoms with Crippen LogP contribution in [0.5, 0.6) is 11.5 Å². The maximum absolute atomic E-state index is 7.37. The first-order valence-electron chi connectivity index (χ1n) is 8.70. The van der Waals surface area contributed by atoms with Crippen molar-refractivity contribution in [3.05, 3.63) is 29.9 Å². The summed E-state index contributed by atoms with van der Waals surface area (Å²) in [4.78, 5) is 15.0. The number of piperidine rings is 1. The van der Waals surface area contributed by atoms with E-state index in [-0.39, 0.29) is 6.04 Å². The molecule has 2 heterocycles. The van der Waals surface area contributed by atoms with Gasteiger partial charge in [-0.05, 0) is 18.9 Å². The topological polar surface area (TPSA) is 51.8 Å². The molecule has 2 aromatic rings. The van der Waals surface area contributed by atoms with E-state index in [0.29, 0.717) is 17.4 Å². The number of benzene rings is 1. The van der Waals surface area contributed by atoms with E-state index in [1.807, 2.05) is 12.1 Å². The lowest BCUT2D eigenvalue weighted by Crippen LogP contribution is -2.37. The van der Waals surface area contributed by atoms with Crippen molar-refractivity contribution >= 4 is 16.7 Å². The lowest BCUT2D eigenvalue weighted by molar-refractivity contribution is 0.355. The third-order valence-electron chi connectivity index (χ3n) is 5.09. The van der Waals surface area contributed by atoms with Crippen LogP contribution in [0.1, 0.15) is 26.2 Å². The molecule has 1 aliphatic rings. The zero-order valence-corrected chi connectivity index (χ0v) is 15.0. The zero-order chi connectivity index (χ0) is 17.8. The van der Waals surface area contributed by atoms with Gasteiger partial charge in [0, 0.05) is 36.9 Å². The summed E-state index contributed by atoms with van der Waals surface area (Å²) in [5, 5.41) is 0.968. The van der Waals surface area contributed by atoms with Crippen LogP contribution in [0.2, 0.25) is 0 Å². The van der Waals surface area contributed by atoms with Crippen LogP contribution in [0.3, 0.4) is 0 Å². The Bertz CT molecular complexity index is 779. The third kappa shape index (κ3) is 3.32. The highest BCUT2D eigenvalue weighted by atomic mass is 16.5. The summed E-state index contributed by atoms with van der Waals surface area (Å²) in [6.07, 6.45) is 4.59. The normalized spacial score (nSPS) is 16.5.